The summed E-state index contributed by atoms with van der Waals surface area (Å²) in [7, 11) is -4.19. The molecule has 39 heavy (non-hydrogen) atoms. The van der Waals surface area contributed by atoms with Crippen molar-refractivity contribution in [3.05, 3.63) is 132 Å². The molecule has 3 N–H and O–H groups in total. The van der Waals surface area contributed by atoms with Crippen molar-refractivity contribution in [2.24, 2.45) is 0 Å². The maximum absolute atomic E-state index is 8.83. The Kier molecular flexibility index (Phi) is 8.55. The van der Waals surface area contributed by atoms with Crippen LogP contribution < -0.4 is 13.8 Å². The fourth-order valence-corrected chi connectivity index (χ4v) is 4.96. The van der Waals surface area contributed by atoms with E-state index in [0.717, 1.165) is 0 Å². The van der Waals surface area contributed by atoms with Crippen molar-refractivity contribution in [1.29, 1.82) is 0 Å². The molecule has 3 aromatic carbocycles. The first kappa shape index (κ1) is 28.1. The van der Waals surface area contributed by atoms with Gasteiger partial charge in [-0.3, -0.25) is 0 Å². The van der Waals surface area contributed by atoms with Gasteiger partial charge in [0.05, 0.1) is 0 Å². The Bertz CT molecular complexity index is 1400. The summed E-state index contributed by atoms with van der Waals surface area (Å²) in [6, 6.07) is 39.1. The average molecular weight is 545 g/mol. The normalized spacial score (nSPS) is 11.5. The van der Waals surface area contributed by atoms with E-state index in [0.29, 0.717) is 0 Å². The molecule has 5 rings (SSSR count). The number of hydrogen-bond donors (Lipinski definition) is 3. The van der Waals surface area contributed by atoms with E-state index in [1.807, 2.05) is 0 Å². The predicted molar refractivity (Wildman–Crippen MR) is 146 cm³/mol. The second-order valence-electron chi connectivity index (χ2n) is 9.41. The Morgan fingerprint density at radius 2 is 0.718 bits per heavy atom. The molecule has 2 aromatic heterocycles. The molecule has 7 heteroatoms. The summed E-state index contributed by atoms with van der Waals surface area (Å²) in [4.78, 5) is 0. The zero-order valence-corrected chi connectivity index (χ0v) is 23.2. The zero-order valence-electron chi connectivity index (χ0n) is 22.4. The van der Waals surface area contributed by atoms with Gasteiger partial charge in [0, 0.05) is 76.2 Å². The standard InChI is InChI=1S/C32H30N2.ClH3O4/c1-23-19-29(27-11-7-5-8-12-27)20-24(2)33(23)31-15-17-32(18-16-31)34-25(3)21-30(22-26(34)4)28-13-9-6-10-14-28;2-1(3,4)5/h5-22H,1-4H3;2-4H/q+2;. The van der Waals surface area contributed by atoms with Crippen molar-refractivity contribution in [3.63, 3.8) is 0 Å². The van der Waals surface area contributed by atoms with Gasteiger partial charge in [0.2, 0.25) is 11.4 Å². The Balaban J connectivity index is 0.000000648. The number of nitrogens with zero attached hydrogens (tertiary/aromatic N) is 2. The summed E-state index contributed by atoms with van der Waals surface area (Å²) in [5, 5.41) is 0. The molecule has 0 saturated carbocycles. The fourth-order valence-electron chi connectivity index (χ4n) is 4.96. The number of aromatic nitrogens is 2. The van der Waals surface area contributed by atoms with Crippen LogP contribution in [0.1, 0.15) is 22.8 Å². The molecule has 0 saturated heterocycles. The van der Waals surface area contributed by atoms with Crippen molar-refractivity contribution < 1.29 is 38.0 Å². The van der Waals surface area contributed by atoms with E-state index < -0.39 is 10.2 Å². The molecule has 0 aliphatic heterocycles. The van der Waals surface area contributed by atoms with Gasteiger partial charge in [-0.1, -0.05) is 60.7 Å². The van der Waals surface area contributed by atoms with E-state index in [4.69, 9.17) is 18.6 Å². The third-order valence-electron chi connectivity index (χ3n) is 6.45. The van der Waals surface area contributed by atoms with Crippen molar-refractivity contribution in [2.45, 2.75) is 27.7 Å². The molecule has 0 radical (unpaired) electrons. The van der Waals surface area contributed by atoms with Crippen molar-refractivity contribution >= 4 is 0 Å². The predicted octanol–water partition coefficient (Wildman–Crippen LogP) is 3.95. The van der Waals surface area contributed by atoms with Gasteiger partial charge in [0.15, 0.2) is 22.8 Å². The molecule has 0 fully saturated rings. The molecular formula is C32H33ClN2O4+2. The first-order chi connectivity index (χ1) is 18.5. The summed E-state index contributed by atoms with van der Waals surface area (Å²) in [6.07, 6.45) is 0. The number of rotatable bonds is 4. The van der Waals surface area contributed by atoms with Crippen LogP contribution in [0.2, 0.25) is 0 Å². The molecule has 0 unspecified atom stereocenters. The number of pyridine rings is 2. The van der Waals surface area contributed by atoms with Gasteiger partial charge < -0.3 is 0 Å². The van der Waals surface area contributed by atoms with E-state index >= 15 is 0 Å². The summed E-state index contributed by atoms with van der Waals surface area (Å²) in [5.41, 5.74) is 12.2. The molecule has 0 aliphatic carbocycles. The number of halogens is 1. The Hall–Kier alpha value is -3.91. The summed E-state index contributed by atoms with van der Waals surface area (Å²) < 4.78 is 34.9. The van der Waals surface area contributed by atoms with Gasteiger partial charge in [-0.15, -0.1) is 0 Å². The molecule has 200 valence electrons. The molecule has 2 heterocycles. The number of aryl methyl sites for hydroxylation is 4. The monoisotopic (exact) mass is 544 g/mol. The molecule has 0 atom stereocenters. The minimum absolute atomic E-state index is 1.18. The van der Waals surface area contributed by atoms with Crippen LogP contribution in [-0.2, 0) is 0 Å². The van der Waals surface area contributed by atoms with Crippen LogP contribution >= 0.6 is 0 Å². The molecular weight excluding hydrogens is 512 g/mol. The van der Waals surface area contributed by atoms with Gasteiger partial charge in [0.1, 0.15) is 0 Å². The fraction of sp³-hybridized carbons (Fsp3) is 0.125. The van der Waals surface area contributed by atoms with E-state index in [2.05, 4.69) is 146 Å². The average Bonchev–Trinajstić information content (AvgIpc) is 2.89. The molecule has 5 aromatic rings. The van der Waals surface area contributed by atoms with Gasteiger partial charge in [0.25, 0.3) is 0 Å². The Morgan fingerprint density at radius 1 is 0.462 bits per heavy atom. The molecule has 6 nitrogen and oxygen atoms in total. The van der Waals surface area contributed by atoms with E-state index in [1.54, 1.807) is 0 Å². The van der Waals surface area contributed by atoms with Crippen molar-refractivity contribution in [2.75, 3.05) is 0 Å². The first-order valence-electron chi connectivity index (χ1n) is 12.5. The molecule has 0 spiro atoms. The van der Waals surface area contributed by atoms with Crippen LogP contribution in [0.4, 0.5) is 0 Å². The molecule has 0 amide bonds. The van der Waals surface area contributed by atoms with Crippen LogP contribution in [-0.4, -0.2) is 14.0 Å². The first-order valence-corrected chi connectivity index (χ1v) is 13.8. The van der Waals surface area contributed by atoms with Crippen LogP contribution in [0.15, 0.2) is 109 Å². The van der Waals surface area contributed by atoms with E-state index in [9.17, 15) is 0 Å². The Morgan fingerprint density at radius 3 is 0.974 bits per heavy atom. The SMILES string of the molecule is Cc1cc(-c2ccccc2)cc(C)[n+]1-c1ccc(-[n+]2c(C)cc(-c3ccccc3)cc2C)cc1.[O-][Cl+](O)(O)O. The summed E-state index contributed by atoms with van der Waals surface area (Å²) in [5.74, 6) is 0. The summed E-state index contributed by atoms with van der Waals surface area (Å²) in [6.45, 7) is 8.72. The van der Waals surface area contributed by atoms with Gasteiger partial charge in [-0.25, -0.2) is 0 Å². The van der Waals surface area contributed by atoms with Crippen LogP contribution in [0, 0.1) is 37.9 Å². The third-order valence-corrected chi connectivity index (χ3v) is 6.45. The van der Waals surface area contributed by atoms with Gasteiger partial charge in [-0.2, -0.15) is 9.13 Å². The number of hydrogen-bond acceptors (Lipinski definition) is 4. The quantitative estimate of drug-likeness (QED) is 0.299. The van der Waals surface area contributed by atoms with Crippen LogP contribution in [0.3, 0.4) is 0 Å². The van der Waals surface area contributed by atoms with Crippen molar-refractivity contribution in [1.82, 2.24) is 0 Å². The maximum atomic E-state index is 8.83. The Labute approximate surface area is 231 Å². The van der Waals surface area contributed by atoms with Crippen LogP contribution in [0.25, 0.3) is 33.6 Å². The minimum atomic E-state index is -4.19. The van der Waals surface area contributed by atoms with E-state index in [-0.39, 0.29) is 0 Å². The number of benzene rings is 3. The van der Waals surface area contributed by atoms with E-state index in [1.165, 1.54) is 56.4 Å². The van der Waals surface area contributed by atoms with Crippen molar-refractivity contribution in [3.8, 4) is 33.6 Å². The van der Waals surface area contributed by atoms with Gasteiger partial charge in [-0.05, 0) is 22.3 Å². The second-order valence-corrected chi connectivity index (χ2v) is 10.3. The van der Waals surface area contributed by atoms with Crippen LogP contribution in [0.5, 0.6) is 0 Å². The van der Waals surface area contributed by atoms with Gasteiger partial charge >= 0.3 is 28.9 Å². The second kappa shape index (κ2) is 11.9. The third kappa shape index (κ3) is 7.15. The molecule has 0 aliphatic rings. The topological polar surface area (TPSA) is 91.5 Å². The zero-order chi connectivity index (χ0) is 28.2. The summed E-state index contributed by atoms with van der Waals surface area (Å²) >= 11 is 0. The molecule has 0 bridgehead atoms.